The van der Waals surface area contributed by atoms with Crippen LogP contribution in [0.15, 0.2) is 85.8 Å². The van der Waals surface area contributed by atoms with Crippen LogP contribution in [-0.4, -0.2) is 30.7 Å². The lowest BCUT2D eigenvalue weighted by Gasteiger charge is -2.15. The number of halogens is 2. The number of nitrogens with one attached hydrogen (secondary N) is 1. The molecule has 0 spiro atoms. The maximum absolute atomic E-state index is 15.1. The fourth-order valence-corrected chi connectivity index (χ4v) is 5.27. The van der Waals surface area contributed by atoms with E-state index < -0.39 is 38.5 Å². The first-order valence-corrected chi connectivity index (χ1v) is 13.9. The van der Waals surface area contributed by atoms with Crippen LogP contribution < -0.4 is 10.5 Å². The largest absolute Gasteiger partial charge is 0.420 e. The third kappa shape index (κ3) is 6.14. The Kier molecular flexibility index (Phi) is 8.39. The molecule has 0 radical (unpaired) electrons. The van der Waals surface area contributed by atoms with Gasteiger partial charge in [0.1, 0.15) is 16.5 Å². The number of hydrogen-bond donors (Lipinski definition) is 1. The van der Waals surface area contributed by atoms with Crippen LogP contribution in [0.4, 0.5) is 14.6 Å². The van der Waals surface area contributed by atoms with E-state index in [1.165, 1.54) is 16.7 Å². The zero-order chi connectivity index (χ0) is 28.2. The van der Waals surface area contributed by atoms with E-state index in [0.29, 0.717) is 0 Å². The van der Waals surface area contributed by atoms with Crippen LogP contribution in [0.25, 0.3) is 11.1 Å². The fraction of sp³-hybridized carbons (Fsp3) is 0.250. The number of pyridine rings is 1. The summed E-state index contributed by atoms with van der Waals surface area (Å²) in [6.45, 7) is 3.89. The first-order chi connectivity index (χ1) is 18.6. The second-order valence-electron chi connectivity index (χ2n) is 8.89. The maximum atomic E-state index is 15.1. The standard InChI is InChI=1S/C28H28F2N4O4S/c1-4-5-6-7-12-22(31-3)20-11-8-10-19(15-20)18(2)34-23-16-21(29)25(17-24(23)38-28(34)35)39(36,37)33-27-14-9-13-26(30)32-27/h7-18H,4-6H2,1-3H3,(H,32,33)/b12-7-,31-22?. The molecular weight excluding hydrogens is 526 g/mol. The number of allylic oxidation sites excluding steroid dienone is 2. The van der Waals surface area contributed by atoms with Gasteiger partial charge in [-0.05, 0) is 48.7 Å². The number of oxazole rings is 1. The van der Waals surface area contributed by atoms with E-state index in [1.54, 1.807) is 14.0 Å². The molecule has 0 amide bonds. The molecule has 0 aliphatic carbocycles. The van der Waals surface area contributed by atoms with Gasteiger partial charge in [0.05, 0.1) is 17.3 Å². The number of fused-ring (bicyclic) bond motifs is 1. The zero-order valence-corrected chi connectivity index (χ0v) is 22.5. The number of benzene rings is 2. The number of aromatic nitrogens is 2. The fourth-order valence-electron chi connectivity index (χ4n) is 4.19. The average Bonchev–Trinajstić information content (AvgIpc) is 3.22. The van der Waals surface area contributed by atoms with E-state index in [4.69, 9.17) is 4.42 Å². The average molecular weight is 555 g/mol. The number of anilines is 1. The Labute approximate surface area is 224 Å². The van der Waals surface area contributed by atoms with Crippen LogP contribution in [0.2, 0.25) is 0 Å². The van der Waals surface area contributed by atoms with Gasteiger partial charge in [0, 0.05) is 19.2 Å². The molecule has 2 aromatic heterocycles. The van der Waals surface area contributed by atoms with Gasteiger partial charge in [0.15, 0.2) is 5.58 Å². The highest BCUT2D eigenvalue weighted by molar-refractivity contribution is 7.92. The van der Waals surface area contributed by atoms with Crippen molar-refractivity contribution in [3.63, 3.8) is 0 Å². The Morgan fingerprint density at radius 3 is 2.67 bits per heavy atom. The Morgan fingerprint density at radius 2 is 1.95 bits per heavy atom. The summed E-state index contributed by atoms with van der Waals surface area (Å²) < 4.78 is 62.8. The summed E-state index contributed by atoms with van der Waals surface area (Å²) >= 11 is 0. The summed E-state index contributed by atoms with van der Waals surface area (Å²) in [4.78, 5) is 19.9. The van der Waals surface area contributed by atoms with Gasteiger partial charge in [-0.15, -0.1) is 0 Å². The second kappa shape index (κ2) is 11.7. The molecule has 0 saturated heterocycles. The SMILES string of the molecule is CCCC/C=C\C(=NC)c1cccc(C(C)n2c(=O)oc3cc(S(=O)(=O)Nc4cccc(F)n4)c(F)cc32)c1. The molecule has 1 unspecified atom stereocenters. The summed E-state index contributed by atoms with van der Waals surface area (Å²) in [7, 11) is -2.80. The Balaban J connectivity index is 1.69. The van der Waals surface area contributed by atoms with Gasteiger partial charge in [0.2, 0.25) is 5.95 Å². The van der Waals surface area contributed by atoms with Crippen molar-refractivity contribution in [3.8, 4) is 0 Å². The van der Waals surface area contributed by atoms with Crippen LogP contribution >= 0.6 is 0 Å². The van der Waals surface area contributed by atoms with Gasteiger partial charge in [-0.3, -0.25) is 14.3 Å². The molecule has 39 heavy (non-hydrogen) atoms. The predicted octanol–water partition coefficient (Wildman–Crippen LogP) is 5.84. The molecule has 8 nitrogen and oxygen atoms in total. The van der Waals surface area contributed by atoms with Crippen molar-refractivity contribution >= 4 is 32.7 Å². The van der Waals surface area contributed by atoms with Crippen molar-refractivity contribution < 1.29 is 21.6 Å². The minimum absolute atomic E-state index is 0.0853. The first-order valence-electron chi connectivity index (χ1n) is 12.4. The van der Waals surface area contributed by atoms with Crippen molar-refractivity contribution in [2.75, 3.05) is 11.8 Å². The zero-order valence-electron chi connectivity index (χ0n) is 21.7. The van der Waals surface area contributed by atoms with Gasteiger partial charge < -0.3 is 4.42 Å². The van der Waals surface area contributed by atoms with Crippen molar-refractivity contribution in [2.24, 2.45) is 4.99 Å². The Bertz CT molecular complexity index is 1730. The summed E-state index contributed by atoms with van der Waals surface area (Å²) in [5.41, 5.74) is 2.35. The van der Waals surface area contributed by atoms with Crippen molar-refractivity contribution in [2.45, 2.75) is 44.0 Å². The number of rotatable bonds is 10. The highest BCUT2D eigenvalue weighted by Crippen LogP contribution is 2.28. The quantitative estimate of drug-likeness (QED) is 0.151. The molecule has 0 saturated carbocycles. The molecule has 11 heteroatoms. The monoisotopic (exact) mass is 554 g/mol. The van der Waals surface area contributed by atoms with Crippen LogP contribution in [-0.2, 0) is 10.0 Å². The van der Waals surface area contributed by atoms with Crippen LogP contribution in [0.5, 0.6) is 0 Å². The molecule has 4 aromatic rings. The first kappa shape index (κ1) is 27.9. The second-order valence-corrected chi connectivity index (χ2v) is 10.5. The van der Waals surface area contributed by atoms with Gasteiger partial charge >= 0.3 is 5.76 Å². The minimum atomic E-state index is -4.50. The van der Waals surface area contributed by atoms with Crippen molar-refractivity contribution in [1.82, 2.24) is 9.55 Å². The number of hydrogen-bond acceptors (Lipinski definition) is 6. The molecular formula is C28H28F2N4O4S. The smallest absolute Gasteiger partial charge is 0.408 e. The van der Waals surface area contributed by atoms with E-state index in [0.717, 1.165) is 54.3 Å². The molecule has 204 valence electrons. The van der Waals surface area contributed by atoms with Crippen LogP contribution in [0, 0.1) is 11.8 Å². The highest BCUT2D eigenvalue weighted by Gasteiger charge is 2.25. The lowest BCUT2D eigenvalue weighted by molar-refractivity contribution is 0.489. The topological polar surface area (TPSA) is 107 Å². The maximum Gasteiger partial charge on any atom is 0.420 e. The predicted molar refractivity (Wildman–Crippen MR) is 147 cm³/mol. The molecule has 2 aromatic carbocycles. The van der Waals surface area contributed by atoms with Crippen molar-refractivity contribution in [3.05, 3.63) is 100 Å². The molecule has 0 bridgehead atoms. The third-order valence-electron chi connectivity index (χ3n) is 6.20. The summed E-state index contributed by atoms with van der Waals surface area (Å²) in [5, 5.41) is 0. The molecule has 1 N–H and O–H groups in total. The Morgan fingerprint density at radius 1 is 1.18 bits per heavy atom. The third-order valence-corrected chi connectivity index (χ3v) is 7.57. The lowest BCUT2D eigenvalue weighted by Crippen LogP contribution is -2.20. The molecule has 0 aliphatic heterocycles. The van der Waals surface area contributed by atoms with E-state index in [9.17, 15) is 17.6 Å². The van der Waals surface area contributed by atoms with Gasteiger partial charge in [-0.25, -0.2) is 22.6 Å². The summed E-state index contributed by atoms with van der Waals surface area (Å²) in [6.07, 6.45) is 7.16. The highest BCUT2D eigenvalue weighted by atomic mass is 32.2. The Hall–Kier alpha value is -4.12. The lowest BCUT2D eigenvalue weighted by atomic mass is 10.0. The van der Waals surface area contributed by atoms with Gasteiger partial charge in [0.25, 0.3) is 10.0 Å². The minimum Gasteiger partial charge on any atom is -0.408 e. The van der Waals surface area contributed by atoms with Crippen molar-refractivity contribution in [1.29, 1.82) is 0 Å². The summed E-state index contributed by atoms with van der Waals surface area (Å²) in [5.74, 6) is -3.12. The number of unbranched alkanes of at least 4 members (excludes halogenated alkanes) is 2. The van der Waals surface area contributed by atoms with E-state index in [-0.39, 0.29) is 16.9 Å². The summed E-state index contributed by atoms with van der Waals surface area (Å²) in [6, 6.07) is 12.3. The van der Waals surface area contributed by atoms with Gasteiger partial charge in [-0.2, -0.15) is 4.39 Å². The number of aliphatic imine (C=N–C) groups is 1. The van der Waals surface area contributed by atoms with E-state index >= 15 is 4.39 Å². The number of sulfonamides is 1. The normalized spacial score (nSPS) is 13.3. The molecule has 0 fully saturated rings. The molecule has 2 heterocycles. The van der Waals surface area contributed by atoms with Gasteiger partial charge in [-0.1, -0.05) is 50.1 Å². The van der Waals surface area contributed by atoms with Crippen LogP contribution in [0.3, 0.4) is 0 Å². The van der Waals surface area contributed by atoms with E-state index in [2.05, 4.69) is 23.0 Å². The molecule has 0 aliphatic rings. The number of nitrogens with zero attached hydrogens (tertiary/aromatic N) is 3. The van der Waals surface area contributed by atoms with Crippen LogP contribution in [0.1, 0.15) is 50.3 Å². The molecule has 4 rings (SSSR count). The molecule has 1 atom stereocenters. The van der Waals surface area contributed by atoms with E-state index in [1.807, 2.05) is 35.1 Å².